The van der Waals surface area contributed by atoms with Gasteiger partial charge in [0, 0.05) is 4.88 Å². The van der Waals surface area contributed by atoms with Gasteiger partial charge in [-0.25, -0.2) is 4.79 Å². The smallest absolute Gasteiger partial charge is 0.325 e. The molecule has 4 rings (SSSR count). The summed E-state index contributed by atoms with van der Waals surface area (Å²) >= 11 is 1.58. The molecule has 0 bridgehead atoms. The van der Waals surface area contributed by atoms with Gasteiger partial charge in [-0.15, -0.1) is 11.3 Å². The number of carbonyl (C=O) groups excluding carboxylic acids is 2. The summed E-state index contributed by atoms with van der Waals surface area (Å²) < 4.78 is 5.50. The number of benzene rings is 1. The number of urea groups is 1. The Balaban J connectivity index is 1.40. The molecule has 0 spiro atoms. The van der Waals surface area contributed by atoms with Gasteiger partial charge in [0.25, 0.3) is 5.91 Å². The van der Waals surface area contributed by atoms with Crippen LogP contribution in [0.2, 0.25) is 0 Å². The fourth-order valence-electron chi connectivity index (χ4n) is 3.89. The van der Waals surface area contributed by atoms with Gasteiger partial charge >= 0.3 is 6.03 Å². The number of ether oxygens (including phenoxy) is 1. The third-order valence-electron chi connectivity index (χ3n) is 5.48. The average molecular weight is 401 g/mol. The highest BCUT2D eigenvalue weighted by molar-refractivity contribution is 7.09. The van der Waals surface area contributed by atoms with Gasteiger partial charge in [-0.1, -0.05) is 24.3 Å². The normalized spacial score (nSPS) is 22.4. The highest BCUT2D eigenvalue weighted by atomic mass is 32.1. The van der Waals surface area contributed by atoms with Gasteiger partial charge in [0.05, 0.1) is 25.9 Å². The molecule has 2 N–H and O–H groups in total. The van der Waals surface area contributed by atoms with Crippen LogP contribution in [0.1, 0.15) is 34.9 Å². The minimum atomic E-state index is -1.10. The van der Waals surface area contributed by atoms with Crippen LogP contribution in [0.15, 0.2) is 35.7 Å². The number of aryl methyl sites for hydroxylation is 2. The summed E-state index contributed by atoms with van der Waals surface area (Å²) in [5.74, 6) is -0.340. The fourth-order valence-corrected chi connectivity index (χ4v) is 4.54. The summed E-state index contributed by atoms with van der Waals surface area (Å²) in [6, 6.07) is 9.42. The number of thiophene rings is 1. The van der Waals surface area contributed by atoms with E-state index in [1.54, 1.807) is 18.3 Å². The topological polar surface area (TPSA) is 78.9 Å². The number of β-amino-alcohol motifs (C(OH)–C–C–N with tert-alkyl or cyclic N) is 1. The molecule has 7 heteroatoms. The molecular formula is C21H24N2O4S. The summed E-state index contributed by atoms with van der Waals surface area (Å²) in [4.78, 5) is 27.6. The molecule has 1 aliphatic heterocycles. The molecule has 0 unspecified atom stereocenters. The third-order valence-corrected chi connectivity index (χ3v) is 6.33. The van der Waals surface area contributed by atoms with Gasteiger partial charge in [-0.2, -0.15) is 0 Å². The van der Waals surface area contributed by atoms with Crippen LogP contribution < -0.4 is 5.32 Å². The molecule has 6 nitrogen and oxygen atoms in total. The molecule has 2 aromatic rings. The van der Waals surface area contributed by atoms with Crippen molar-refractivity contribution in [1.82, 2.24) is 10.2 Å². The Hall–Kier alpha value is -2.22. The van der Waals surface area contributed by atoms with E-state index < -0.39 is 17.7 Å². The van der Waals surface area contributed by atoms with Crippen LogP contribution in [0.3, 0.4) is 0 Å². The number of fused-ring (bicyclic) bond motifs is 1. The van der Waals surface area contributed by atoms with Crippen molar-refractivity contribution in [2.45, 2.75) is 44.4 Å². The predicted molar refractivity (Wildman–Crippen MR) is 106 cm³/mol. The Labute approximate surface area is 168 Å². The SMILES string of the molecule is C[C@@]1(c2ccc3c(c2)CCC3)NC(=O)N(C[C@H](O)COCc2cccs2)C1=O. The highest BCUT2D eigenvalue weighted by Crippen LogP contribution is 2.32. The van der Waals surface area contributed by atoms with Crippen molar-refractivity contribution in [3.05, 3.63) is 57.3 Å². The number of rotatable bonds is 7. The zero-order chi connectivity index (χ0) is 19.7. The third kappa shape index (κ3) is 3.57. The van der Waals surface area contributed by atoms with E-state index in [9.17, 15) is 14.7 Å². The van der Waals surface area contributed by atoms with Crippen LogP contribution >= 0.6 is 11.3 Å². The minimum Gasteiger partial charge on any atom is -0.389 e. The van der Waals surface area contributed by atoms with E-state index in [0.717, 1.165) is 34.6 Å². The first kappa shape index (κ1) is 19.1. The molecule has 148 valence electrons. The van der Waals surface area contributed by atoms with Gasteiger partial charge in [-0.05, 0) is 54.3 Å². The molecule has 2 aliphatic rings. The Kier molecular flexibility index (Phi) is 5.23. The van der Waals surface area contributed by atoms with Crippen molar-refractivity contribution < 1.29 is 19.4 Å². The molecule has 1 saturated heterocycles. The van der Waals surface area contributed by atoms with Crippen molar-refractivity contribution in [3.63, 3.8) is 0 Å². The van der Waals surface area contributed by atoms with E-state index >= 15 is 0 Å². The van der Waals surface area contributed by atoms with Crippen molar-refractivity contribution in [2.24, 2.45) is 0 Å². The van der Waals surface area contributed by atoms with Crippen LogP contribution in [-0.2, 0) is 34.5 Å². The molecule has 3 amide bonds. The lowest BCUT2D eigenvalue weighted by Gasteiger charge is -2.24. The summed E-state index contributed by atoms with van der Waals surface area (Å²) in [6.45, 7) is 2.10. The van der Waals surface area contributed by atoms with Gasteiger partial charge in [0.2, 0.25) is 0 Å². The standard InChI is InChI=1S/C21H24N2O4S/c1-21(16-8-7-14-4-2-5-15(14)10-16)19(25)23(20(26)22-21)11-17(24)12-27-13-18-6-3-9-28-18/h3,6-10,17,24H,2,4-5,11-13H2,1H3,(H,22,26)/t17-,21-/m0/s1. The van der Waals surface area contributed by atoms with Gasteiger partial charge in [0.1, 0.15) is 5.54 Å². The van der Waals surface area contributed by atoms with Crippen molar-refractivity contribution in [2.75, 3.05) is 13.2 Å². The second-order valence-electron chi connectivity index (χ2n) is 7.56. The van der Waals surface area contributed by atoms with E-state index in [0.29, 0.717) is 6.61 Å². The highest BCUT2D eigenvalue weighted by Gasteiger charge is 2.49. The maximum Gasteiger partial charge on any atom is 0.325 e. The monoisotopic (exact) mass is 400 g/mol. The maximum absolute atomic E-state index is 13.0. The number of imide groups is 1. The Bertz CT molecular complexity index is 883. The first-order chi connectivity index (χ1) is 13.5. The molecule has 1 aliphatic carbocycles. The summed E-state index contributed by atoms with van der Waals surface area (Å²) in [5, 5.41) is 15.0. The van der Waals surface area contributed by atoms with Crippen molar-refractivity contribution >= 4 is 23.3 Å². The van der Waals surface area contributed by atoms with E-state index in [4.69, 9.17) is 4.74 Å². The summed E-state index contributed by atoms with van der Waals surface area (Å²) in [6.07, 6.45) is 2.26. The first-order valence-electron chi connectivity index (χ1n) is 9.52. The molecule has 0 saturated carbocycles. The van der Waals surface area contributed by atoms with Crippen molar-refractivity contribution in [3.8, 4) is 0 Å². The van der Waals surface area contributed by atoms with E-state index in [2.05, 4.69) is 11.4 Å². The molecule has 1 aromatic carbocycles. The molecule has 2 heterocycles. The van der Waals surface area contributed by atoms with Crippen LogP contribution in [0.4, 0.5) is 4.79 Å². The quantitative estimate of drug-likeness (QED) is 0.700. The lowest BCUT2D eigenvalue weighted by molar-refractivity contribution is -0.132. The van der Waals surface area contributed by atoms with Gasteiger partial charge in [-0.3, -0.25) is 9.69 Å². The second-order valence-corrected chi connectivity index (χ2v) is 8.59. The van der Waals surface area contributed by atoms with Crippen LogP contribution in [-0.4, -0.2) is 41.2 Å². The Morgan fingerprint density at radius 3 is 2.89 bits per heavy atom. The van der Waals surface area contributed by atoms with Crippen LogP contribution in [0.5, 0.6) is 0 Å². The number of hydrogen-bond donors (Lipinski definition) is 2. The lowest BCUT2D eigenvalue weighted by atomic mass is 9.89. The number of hydrogen-bond acceptors (Lipinski definition) is 5. The molecule has 28 heavy (non-hydrogen) atoms. The largest absolute Gasteiger partial charge is 0.389 e. The number of carbonyl (C=O) groups is 2. The summed E-state index contributed by atoms with van der Waals surface area (Å²) in [7, 11) is 0. The minimum absolute atomic E-state index is 0.0600. The Morgan fingerprint density at radius 1 is 1.29 bits per heavy atom. The number of amides is 3. The lowest BCUT2D eigenvalue weighted by Crippen LogP contribution is -2.42. The molecule has 0 radical (unpaired) electrons. The fraction of sp³-hybridized carbons (Fsp3) is 0.429. The summed E-state index contributed by atoms with van der Waals surface area (Å²) in [5.41, 5.74) is 2.25. The second kappa shape index (κ2) is 7.66. The van der Waals surface area contributed by atoms with E-state index in [1.807, 2.05) is 29.6 Å². The number of aliphatic hydroxyl groups is 1. The molecule has 1 fully saturated rings. The first-order valence-corrected chi connectivity index (χ1v) is 10.4. The maximum atomic E-state index is 13.0. The van der Waals surface area contributed by atoms with Crippen LogP contribution in [0, 0.1) is 0 Å². The Morgan fingerprint density at radius 2 is 2.11 bits per heavy atom. The predicted octanol–water partition coefficient (Wildman–Crippen LogP) is 2.58. The van der Waals surface area contributed by atoms with Gasteiger partial charge < -0.3 is 15.2 Å². The van der Waals surface area contributed by atoms with Gasteiger partial charge in [0.15, 0.2) is 0 Å². The van der Waals surface area contributed by atoms with E-state index in [1.165, 1.54) is 11.1 Å². The zero-order valence-corrected chi connectivity index (χ0v) is 16.6. The average Bonchev–Trinajstić information content (AvgIpc) is 3.39. The molecular weight excluding hydrogens is 376 g/mol. The van der Waals surface area contributed by atoms with Crippen molar-refractivity contribution in [1.29, 1.82) is 0 Å². The number of nitrogens with zero attached hydrogens (tertiary/aromatic N) is 1. The molecule has 1 aromatic heterocycles. The van der Waals surface area contributed by atoms with Crippen LogP contribution in [0.25, 0.3) is 0 Å². The van der Waals surface area contributed by atoms with E-state index in [-0.39, 0.29) is 19.1 Å². The molecule has 2 atom stereocenters. The number of aliphatic hydroxyl groups excluding tert-OH is 1. The zero-order valence-electron chi connectivity index (χ0n) is 15.8. The number of nitrogens with one attached hydrogen (secondary N) is 1.